The minimum atomic E-state index is 0.261. The normalized spacial score (nSPS) is 13.1. The Balaban J connectivity index is 2.62. The summed E-state index contributed by atoms with van der Waals surface area (Å²) in [6.07, 6.45) is 5.37. The van der Waals surface area contributed by atoms with Gasteiger partial charge in [-0.25, -0.2) is 0 Å². The van der Waals surface area contributed by atoms with E-state index in [0.29, 0.717) is 5.92 Å². The molecule has 0 aliphatic heterocycles. The quantitative estimate of drug-likeness (QED) is 0.500. The average Bonchev–Trinajstić information content (AvgIpc) is 2.19. The van der Waals surface area contributed by atoms with Crippen LogP contribution in [0.1, 0.15) is 25.8 Å². The fourth-order valence-corrected chi connectivity index (χ4v) is 1.65. The summed E-state index contributed by atoms with van der Waals surface area (Å²) in [4.78, 5) is 4.06. The van der Waals surface area contributed by atoms with Gasteiger partial charge in [0.25, 0.3) is 0 Å². The average molecular weight is 208 g/mol. The molecule has 4 nitrogen and oxygen atoms in total. The van der Waals surface area contributed by atoms with Crippen molar-refractivity contribution in [3.63, 3.8) is 0 Å². The molecule has 84 valence electrons. The third-order valence-electron chi connectivity index (χ3n) is 2.40. The number of nitrogens with zero attached hydrogens (tertiary/aromatic N) is 1. The van der Waals surface area contributed by atoms with Crippen molar-refractivity contribution in [3.8, 4) is 0 Å². The third-order valence-corrected chi connectivity index (χ3v) is 2.40. The number of anilines is 1. The first kappa shape index (κ1) is 11.9. The maximum Gasteiger partial charge on any atom is 0.0378 e. The van der Waals surface area contributed by atoms with Crippen LogP contribution in [0.25, 0.3) is 0 Å². The minimum absolute atomic E-state index is 0.261. The molecule has 15 heavy (non-hydrogen) atoms. The van der Waals surface area contributed by atoms with Gasteiger partial charge in [-0.2, -0.15) is 0 Å². The molecule has 1 unspecified atom stereocenters. The van der Waals surface area contributed by atoms with Crippen molar-refractivity contribution in [3.05, 3.63) is 24.0 Å². The Morgan fingerprint density at radius 3 is 2.73 bits per heavy atom. The molecule has 1 rings (SSSR count). The molecule has 0 aromatic carbocycles. The predicted octanol–water partition coefficient (Wildman–Crippen LogP) is 1.08. The molecule has 1 aromatic rings. The zero-order valence-corrected chi connectivity index (χ0v) is 9.40. The number of nitrogens with two attached hydrogens (primary N) is 2. The summed E-state index contributed by atoms with van der Waals surface area (Å²) in [6, 6.07) is 2.08. The second kappa shape index (κ2) is 5.68. The van der Waals surface area contributed by atoms with E-state index in [1.54, 1.807) is 12.4 Å². The van der Waals surface area contributed by atoms with Crippen LogP contribution >= 0.6 is 0 Å². The fraction of sp³-hybridized carbons (Fsp3) is 0.545. The number of nitrogens with one attached hydrogen (secondary N) is 1. The topological polar surface area (TPSA) is 77.0 Å². The number of nitrogen functional groups attached to an aromatic ring is 1. The minimum Gasteiger partial charge on any atom is -0.398 e. The monoisotopic (exact) mass is 208 g/mol. The van der Waals surface area contributed by atoms with E-state index in [1.807, 2.05) is 6.07 Å². The van der Waals surface area contributed by atoms with Crippen molar-refractivity contribution in [1.29, 1.82) is 0 Å². The Morgan fingerprint density at radius 1 is 1.47 bits per heavy atom. The van der Waals surface area contributed by atoms with Crippen LogP contribution < -0.4 is 17.0 Å². The Morgan fingerprint density at radius 2 is 2.20 bits per heavy atom. The van der Waals surface area contributed by atoms with Gasteiger partial charge in [0.05, 0.1) is 0 Å². The van der Waals surface area contributed by atoms with Crippen molar-refractivity contribution in [2.24, 2.45) is 11.8 Å². The molecule has 0 aliphatic rings. The molecule has 0 fully saturated rings. The lowest BCUT2D eigenvalue weighted by atomic mass is 9.98. The van der Waals surface area contributed by atoms with Crippen LogP contribution in [0.5, 0.6) is 0 Å². The first-order valence-corrected chi connectivity index (χ1v) is 5.28. The first-order chi connectivity index (χ1) is 7.13. The Bertz CT molecular complexity index is 298. The van der Waals surface area contributed by atoms with E-state index in [-0.39, 0.29) is 6.04 Å². The maximum atomic E-state index is 5.85. The van der Waals surface area contributed by atoms with E-state index < -0.39 is 0 Å². The lowest BCUT2D eigenvalue weighted by molar-refractivity contribution is 0.423. The van der Waals surface area contributed by atoms with E-state index in [4.69, 9.17) is 11.6 Å². The third kappa shape index (κ3) is 3.85. The summed E-state index contributed by atoms with van der Waals surface area (Å²) in [5, 5.41) is 0. The van der Waals surface area contributed by atoms with Crippen molar-refractivity contribution in [2.75, 3.05) is 5.73 Å². The molecule has 0 bridgehead atoms. The van der Waals surface area contributed by atoms with Gasteiger partial charge in [-0.15, -0.1) is 0 Å². The van der Waals surface area contributed by atoms with Crippen LogP contribution in [0.2, 0.25) is 0 Å². The molecular formula is C11H20N4. The number of hydrogen-bond donors (Lipinski definition) is 3. The number of hydrogen-bond acceptors (Lipinski definition) is 4. The second-order valence-electron chi connectivity index (χ2n) is 4.27. The van der Waals surface area contributed by atoms with Crippen LogP contribution in [-0.4, -0.2) is 11.0 Å². The van der Waals surface area contributed by atoms with E-state index in [9.17, 15) is 0 Å². The van der Waals surface area contributed by atoms with Crippen molar-refractivity contribution in [1.82, 2.24) is 10.4 Å². The molecule has 1 heterocycles. The molecule has 0 aliphatic carbocycles. The predicted molar refractivity (Wildman–Crippen MR) is 62.9 cm³/mol. The van der Waals surface area contributed by atoms with Gasteiger partial charge in [-0.3, -0.25) is 16.3 Å². The van der Waals surface area contributed by atoms with Gasteiger partial charge in [-0.1, -0.05) is 13.8 Å². The van der Waals surface area contributed by atoms with Gasteiger partial charge in [0.1, 0.15) is 0 Å². The molecule has 0 radical (unpaired) electrons. The molecule has 5 N–H and O–H groups in total. The second-order valence-corrected chi connectivity index (χ2v) is 4.27. The summed E-state index contributed by atoms with van der Waals surface area (Å²) >= 11 is 0. The van der Waals surface area contributed by atoms with Crippen molar-refractivity contribution < 1.29 is 0 Å². The van der Waals surface area contributed by atoms with Gasteiger partial charge in [0, 0.05) is 24.1 Å². The smallest absolute Gasteiger partial charge is 0.0378 e. The van der Waals surface area contributed by atoms with E-state index in [2.05, 4.69) is 24.3 Å². The molecule has 0 amide bonds. The highest BCUT2D eigenvalue weighted by Gasteiger charge is 2.11. The van der Waals surface area contributed by atoms with Crippen LogP contribution in [0, 0.1) is 5.92 Å². The van der Waals surface area contributed by atoms with Gasteiger partial charge < -0.3 is 5.73 Å². The molecular weight excluding hydrogens is 188 g/mol. The van der Waals surface area contributed by atoms with Crippen LogP contribution in [0.4, 0.5) is 5.69 Å². The summed E-state index contributed by atoms with van der Waals surface area (Å²) in [5.74, 6) is 6.12. The molecule has 0 saturated carbocycles. The highest BCUT2D eigenvalue weighted by molar-refractivity contribution is 5.44. The maximum absolute atomic E-state index is 5.85. The summed E-state index contributed by atoms with van der Waals surface area (Å²) < 4.78 is 0. The highest BCUT2D eigenvalue weighted by Crippen LogP contribution is 2.14. The summed E-state index contributed by atoms with van der Waals surface area (Å²) in [7, 11) is 0. The Hall–Kier alpha value is -1.13. The van der Waals surface area contributed by atoms with Crippen molar-refractivity contribution >= 4 is 5.69 Å². The number of aromatic nitrogens is 1. The Labute approximate surface area is 91.0 Å². The van der Waals surface area contributed by atoms with Gasteiger partial charge in [0.2, 0.25) is 0 Å². The first-order valence-electron chi connectivity index (χ1n) is 5.28. The Kier molecular flexibility index (Phi) is 4.52. The van der Waals surface area contributed by atoms with E-state index in [0.717, 1.165) is 24.1 Å². The van der Waals surface area contributed by atoms with E-state index >= 15 is 0 Å². The van der Waals surface area contributed by atoms with Gasteiger partial charge in [0.15, 0.2) is 0 Å². The number of rotatable bonds is 5. The van der Waals surface area contributed by atoms with Crippen LogP contribution in [0.3, 0.4) is 0 Å². The van der Waals surface area contributed by atoms with Gasteiger partial charge >= 0.3 is 0 Å². The molecule has 1 aromatic heterocycles. The van der Waals surface area contributed by atoms with Crippen LogP contribution in [0.15, 0.2) is 18.5 Å². The molecule has 1 atom stereocenters. The van der Waals surface area contributed by atoms with Crippen molar-refractivity contribution in [2.45, 2.75) is 32.7 Å². The lowest BCUT2D eigenvalue weighted by Crippen LogP contribution is -2.37. The lowest BCUT2D eigenvalue weighted by Gasteiger charge is -2.18. The van der Waals surface area contributed by atoms with Crippen LogP contribution in [-0.2, 0) is 6.42 Å². The SMILES string of the molecule is CC(C)CC(Cc1cnccc1N)NN. The van der Waals surface area contributed by atoms with E-state index in [1.165, 1.54) is 0 Å². The number of hydrazine groups is 1. The number of pyridine rings is 1. The summed E-state index contributed by atoms with van der Waals surface area (Å²) in [6.45, 7) is 4.36. The largest absolute Gasteiger partial charge is 0.398 e. The zero-order valence-electron chi connectivity index (χ0n) is 9.40. The zero-order chi connectivity index (χ0) is 11.3. The summed E-state index contributed by atoms with van der Waals surface area (Å²) in [5.41, 5.74) is 10.5. The molecule has 4 heteroatoms. The fourth-order valence-electron chi connectivity index (χ4n) is 1.65. The van der Waals surface area contributed by atoms with Gasteiger partial charge in [-0.05, 0) is 30.4 Å². The molecule has 0 spiro atoms. The molecule has 0 saturated heterocycles. The standard InChI is InChI=1S/C11H20N4/c1-8(2)5-10(15-13)6-9-7-14-4-3-11(9)12/h3-4,7-8,10,15H,5-6,13H2,1-2H3,(H2,12,14). The highest BCUT2D eigenvalue weighted by atomic mass is 15.2.